The van der Waals surface area contributed by atoms with Crippen LogP contribution >= 0.6 is 11.8 Å². The Kier molecular flexibility index (Phi) is 6.83. The van der Waals surface area contributed by atoms with Gasteiger partial charge in [0.1, 0.15) is 5.78 Å². The van der Waals surface area contributed by atoms with Gasteiger partial charge < -0.3 is 4.57 Å². The van der Waals surface area contributed by atoms with Crippen molar-refractivity contribution in [2.75, 3.05) is 14.1 Å². The number of rotatable bonds is 7. The van der Waals surface area contributed by atoms with E-state index >= 15 is 0 Å². The molecule has 28 heavy (non-hydrogen) atoms. The molecule has 1 aromatic carbocycles. The Bertz CT molecular complexity index is 951. The van der Waals surface area contributed by atoms with E-state index in [9.17, 15) is 13.2 Å². The van der Waals surface area contributed by atoms with Crippen LogP contribution in [-0.4, -0.2) is 47.4 Å². The third-order valence-corrected chi connectivity index (χ3v) is 8.31. The molecule has 1 aromatic heterocycles. The van der Waals surface area contributed by atoms with Gasteiger partial charge >= 0.3 is 0 Å². The fourth-order valence-electron chi connectivity index (χ4n) is 3.46. The maximum absolute atomic E-state index is 12.5. The largest absolute Gasteiger partial charge is 0.319 e. The highest BCUT2D eigenvalue weighted by Gasteiger charge is 2.25. The first-order valence-corrected chi connectivity index (χ1v) is 12.3. The van der Waals surface area contributed by atoms with E-state index in [4.69, 9.17) is 4.98 Å². The zero-order chi connectivity index (χ0) is 20.3. The minimum absolute atomic E-state index is 0.0512. The summed E-state index contributed by atoms with van der Waals surface area (Å²) in [5.74, 6) is 0.312. The summed E-state index contributed by atoms with van der Waals surface area (Å²) in [6.45, 7) is 2.96. The third kappa shape index (κ3) is 4.44. The SMILES string of the molecule is CCCCn1c(SC2CCCCCC2=O)nc2cc(S(=O)(=O)N(C)C)ccc21. The van der Waals surface area contributed by atoms with E-state index in [1.165, 1.54) is 18.4 Å². The van der Waals surface area contributed by atoms with E-state index in [0.29, 0.717) is 17.7 Å². The van der Waals surface area contributed by atoms with Crippen LogP contribution in [0.15, 0.2) is 28.3 Å². The van der Waals surface area contributed by atoms with E-state index in [-0.39, 0.29) is 10.1 Å². The summed E-state index contributed by atoms with van der Waals surface area (Å²) in [7, 11) is -0.454. The van der Waals surface area contributed by atoms with Crippen LogP contribution in [0.3, 0.4) is 0 Å². The van der Waals surface area contributed by atoms with Gasteiger partial charge in [-0.25, -0.2) is 17.7 Å². The van der Waals surface area contributed by atoms with Crippen molar-refractivity contribution in [3.05, 3.63) is 18.2 Å². The number of carbonyl (C=O) groups excluding carboxylic acids is 1. The second kappa shape index (κ2) is 8.97. The van der Waals surface area contributed by atoms with Crippen LogP contribution in [-0.2, 0) is 21.4 Å². The van der Waals surface area contributed by atoms with Crippen LogP contribution in [0.2, 0.25) is 0 Å². The number of aryl methyl sites for hydroxylation is 1. The molecular weight excluding hydrogens is 394 g/mol. The molecule has 154 valence electrons. The van der Waals surface area contributed by atoms with Gasteiger partial charge in [-0.05, 0) is 37.5 Å². The first kappa shape index (κ1) is 21.3. The fourth-order valence-corrected chi connectivity index (χ4v) is 5.64. The van der Waals surface area contributed by atoms with Gasteiger partial charge in [0.15, 0.2) is 5.16 Å². The number of benzene rings is 1. The minimum Gasteiger partial charge on any atom is -0.319 e. The van der Waals surface area contributed by atoms with E-state index in [0.717, 1.165) is 55.7 Å². The molecule has 6 nitrogen and oxygen atoms in total. The lowest BCUT2D eigenvalue weighted by Crippen LogP contribution is -2.22. The molecule has 0 bridgehead atoms. The van der Waals surface area contributed by atoms with Crippen molar-refractivity contribution in [3.63, 3.8) is 0 Å². The number of nitrogens with zero attached hydrogens (tertiary/aromatic N) is 3. The normalized spacial score (nSPS) is 18.7. The smallest absolute Gasteiger partial charge is 0.242 e. The highest BCUT2D eigenvalue weighted by Crippen LogP contribution is 2.33. The summed E-state index contributed by atoms with van der Waals surface area (Å²) in [4.78, 5) is 17.5. The predicted molar refractivity (Wildman–Crippen MR) is 113 cm³/mol. The first-order valence-electron chi connectivity index (χ1n) is 9.96. The van der Waals surface area contributed by atoms with Crippen LogP contribution in [0.25, 0.3) is 11.0 Å². The van der Waals surface area contributed by atoms with Gasteiger partial charge in [0.05, 0.1) is 21.2 Å². The molecule has 8 heteroatoms. The molecule has 0 radical (unpaired) electrons. The summed E-state index contributed by atoms with van der Waals surface area (Å²) in [5.41, 5.74) is 1.59. The number of thioether (sulfide) groups is 1. The van der Waals surface area contributed by atoms with Crippen molar-refractivity contribution in [1.29, 1.82) is 0 Å². The monoisotopic (exact) mass is 423 g/mol. The second-order valence-corrected chi connectivity index (χ2v) is 10.8. The van der Waals surface area contributed by atoms with E-state index in [1.54, 1.807) is 23.9 Å². The zero-order valence-electron chi connectivity index (χ0n) is 16.8. The molecule has 0 spiro atoms. The van der Waals surface area contributed by atoms with Gasteiger partial charge in [-0.15, -0.1) is 0 Å². The molecule has 1 aliphatic carbocycles. The van der Waals surface area contributed by atoms with Gasteiger partial charge in [-0.2, -0.15) is 0 Å². The van der Waals surface area contributed by atoms with Crippen molar-refractivity contribution >= 4 is 38.6 Å². The van der Waals surface area contributed by atoms with E-state index in [2.05, 4.69) is 11.5 Å². The molecule has 2 aromatic rings. The lowest BCUT2D eigenvalue weighted by atomic mass is 10.2. The number of sulfonamides is 1. The molecule has 0 aliphatic heterocycles. The minimum atomic E-state index is -3.51. The zero-order valence-corrected chi connectivity index (χ0v) is 18.5. The summed E-state index contributed by atoms with van der Waals surface area (Å²) in [6, 6.07) is 5.13. The van der Waals surface area contributed by atoms with Gasteiger partial charge in [-0.3, -0.25) is 4.79 Å². The maximum atomic E-state index is 12.5. The van der Waals surface area contributed by atoms with Gasteiger partial charge in [-0.1, -0.05) is 37.9 Å². The molecule has 0 N–H and O–H groups in total. The number of unbranched alkanes of at least 4 members (excludes halogenated alkanes) is 1. The summed E-state index contributed by atoms with van der Waals surface area (Å²) in [5, 5.41) is 0.771. The molecule has 1 heterocycles. The van der Waals surface area contributed by atoms with Crippen molar-refractivity contribution in [1.82, 2.24) is 13.9 Å². The second-order valence-electron chi connectivity index (χ2n) is 7.51. The number of Topliss-reactive ketones (excluding diaryl/α,β-unsaturated/α-hetero) is 1. The van der Waals surface area contributed by atoms with Crippen LogP contribution in [0, 0.1) is 0 Å². The van der Waals surface area contributed by atoms with E-state index in [1.807, 2.05) is 6.07 Å². The van der Waals surface area contributed by atoms with Crippen LogP contribution < -0.4 is 0 Å². The number of carbonyl (C=O) groups is 1. The van der Waals surface area contributed by atoms with Crippen molar-refractivity contribution < 1.29 is 13.2 Å². The maximum Gasteiger partial charge on any atom is 0.242 e. The molecule has 1 aliphatic rings. The van der Waals surface area contributed by atoms with Gasteiger partial charge in [0.25, 0.3) is 0 Å². The highest BCUT2D eigenvalue weighted by molar-refractivity contribution is 8.00. The van der Waals surface area contributed by atoms with Crippen LogP contribution in [0.5, 0.6) is 0 Å². The van der Waals surface area contributed by atoms with Crippen molar-refractivity contribution in [2.45, 2.75) is 73.7 Å². The van der Waals surface area contributed by atoms with Crippen LogP contribution in [0.4, 0.5) is 0 Å². The molecular formula is C20H29N3O3S2. The third-order valence-electron chi connectivity index (χ3n) is 5.19. The van der Waals surface area contributed by atoms with Crippen LogP contribution in [0.1, 0.15) is 51.9 Å². The number of aromatic nitrogens is 2. The lowest BCUT2D eigenvalue weighted by molar-refractivity contribution is -0.118. The topological polar surface area (TPSA) is 72.3 Å². The molecule has 1 fully saturated rings. The van der Waals surface area contributed by atoms with Gasteiger partial charge in [0, 0.05) is 27.1 Å². The Labute approximate surface area is 171 Å². The quantitative estimate of drug-likeness (QED) is 0.628. The number of hydrogen-bond acceptors (Lipinski definition) is 5. The molecule has 0 saturated heterocycles. The number of fused-ring (bicyclic) bond motifs is 1. The number of imidazole rings is 1. The Morgan fingerprint density at radius 2 is 2.04 bits per heavy atom. The first-order chi connectivity index (χ1) is 13.3. The van der Waals surface area contributed by atoms with Crippen molar-refractivity contribution in [2.24, 2.45) is 0 Å². The number of hydrogen-bond donors (Lipinski definition) is 0. The standard InChI is InChI=1S/C20H29N3O3S2/c1-4-5-13-23-17-12-11-15(28(25,26)22(2)3)14-16(17)21-20(23)27-19-10-8-6-7-9-18(19)24/h11-12,14,19H,4-10,13H2,1-3H3. The summed E-state index contributed by atoms with van der Waals surface area (Å²) >= 11 is 1.55. The molecule has 0 amide bonds. The Balaban J connectivity index is 2.01. The Morgan fingerprint density at radius 3 is 2.75 bits per heavy atom. The number of ketones is 1. The van der Waals surface area contributed by atoms with Gasteiger partial charge in [0.2, 0.25) is 10.0 Å². The fraction of sp³-hybridized carbons (Fsp3) is 0.600. The van der Waals surface area contributed by atoms with Crippen molar-refractivity contribution in [3.8, 4) is 0 Å². The molecule has 1 atom stereocenters. The molecule has 3 rings (SSSR count). The molecule has 1 unspecified atom stereocenters. The Morgan fingerprint density at radius 1 is 1.25 bits per heavy atom. The summed E-state index contributed by atoms with van der Waals surface area (Å²) < 4.78 is 28.3. The Hall–Kier alpha value is -1.38. The average molecular weight is 424 g/mol. The highest BCUT2D eigenvalue weighted by atomic mass is 32.2. The molecule has 1 saturated carbocycles. The van der Waals surface area contributed by atoms with E-state index < -0.39 is 10.0 Å². The predicted octanol–water partition coefficient (Wildman–Crippen LogP) is 4.08. The summed E-state index contributed by atoms with van der Waals surface area (Å²) in [6.07, 6.45) is 6.77. The average Bonchev–Trinajstić information content (AvgIpc) is 2.87. The lowest BCUT2D eigenvalue weighted by Gasteiger charge is -2.14.